The molecule has 1 aliphatic heterocycles. The average molecular weight is 371 g/mol. The minimum absolute atomic E-state index is 0.198. The summed E-state index contributed by atoms with van der Waals surface area (Å²) in [7, 11) is 1.56. The van der Waals surface area contributed by atoms with Crippen molar-refractivity contribution in [2.24, 2.45) is 0 Å². The van der Waals surface area contributed by atoms with Crippen LogP contribution >= 0.6 is 0 Å². The SMILES string of the molecule is CCCCOc1ccc(C(=O)NC[C@H]2COc3ccccc3O2)cc1OC. The number of fused-ring (bicyclic) bond motifs is 1. The van der Waals surface area contributed by atoms with Gasteiger partial charge in [-0.2, -0.15) is 0 Å². The molecule has 6 nitrogen and oxygen atoms in total. The fourth-order valence-electron chi connectivity index (χ4n) is 2.73. The van der Waals surface area contributed by atoms with E-state index in [1.54, 1.807) is 25.3 Å². The molecule has 6 heteroatoms. The molecule has 2 aromatic rings. The predicted molar refractivity (Wildman–Crippen MR) is 102 cm³/mol. The standard InChI is InChI=1S/C21H25NO5/c1-3-4-11-25-18-10-9-15(12-20(18)24-2)21(23)22-13-16-14-26-17-7-5-6-8-19(17)27-16/h5-10,12,16H,3-4,11,13-14H2,1-2H3,(H,22,23)/t16-/m0/s1. The van der Waals surface area contributed by atoms with Gasteiger partial charge in [-0.25, -0.2) is 0 Å². The molecule has 0 saturated heterocycles. The molecule has 0 radical (unpaired) electrons. The first kappa shape index (κ1) is 18.9. The molecule has 1 atom stereocenters. The molecule has 0 aromatic heterocycles. The van der Waals surface area contributed by atoms with Gasteiger partial charge in [-0.15, -0.1) is 0 Å². The van der Waals surface area contributed by atoms with Crippen molar-refractivity contribution in [2.75, 3.05) is 26.9 Å². The monoisotopic (exact) mass is 371 g/mol. The fraction of sp³-hybridized carbons (Fsp3) is 0.381. The molecule has 3 rings (SSSR count). The molecule has 1 N–H and O–H groups in total. The van der Waals surface area contributed by atoms with Crippen molar-refractivity contribution in [3.8, 4) is 23.0 Å². The molecule has 0 unspecified atom stereocenters. The van der Waals surface area contributed by atoms with Crippen molar-refractivity contribution in [3.05, 3.63) is 48.0 Å². The van der Waals surface area contributed by atoms with Crippen LogP contribution in [-0.4, -0.2) is 38.9 Å². The first-order chi connectivity index (χ1) is 13.2. The molecule has 0 bridgehead atoms. The van der Waals surface area contributed by atoms with Crippen LogP contribution in [0.1, 0.15) is 30.1 Å². The highest BCUT2D eigenvalue weighted by atomic mass is 16.6. The molecule has 0 saturated carbocycles. The number of rotatable bonds is 8. The van der Waals surface area contributed by atoms with Crippen molar-refractivity contribution in [3.63, 3.8) is 0 Å². The summed E-state index contributed by atoms with van der Waals surface area (Å²) in [6.45, 7) is 3.47. The number of methoxy groups -OCH3 is 1. The van der Waals surface area contributed by atoms with Crippen LogP contribution in [0.5, 0.6) is 23.0 Å². The maximum Gasteiger partial charge on any atom is 0.251 e. The average Bonchev–Trinajstić information content (AvgIpc) is 2.72. The number of ether oxygens (including phenoxy) is 4. The van der Waals surface area contributed by atoms with Crippen LogP contribution in [0.2, 0.25) is 0 Å². The van der Waals surface area contributed by atoms with E-state index in [1.165, 1.54) is 0 Å². The molecule has 0 aliphatic carbocycles. The summed E-state index contributed by atoms with van der Waals surface area (Å²) in [5.41, 5.74) is 0.506. The second-order valence-corrected chi connectivity index (χ2v) is 6.28. The molecule has 144 valence electrons. The minimum atomic E-state index is -0.234. The molecule has 1 heterocycles. The van der Waals surface area contributed by atoms with E-state index in [-0.39, 0.29) is 12.0 Å². The summed E-state index contributed by atoms with van der Waals surface area (Å²) in [4.78, 5) is 12.5. The topological polar surface area (TPSA) is 66.0 Å². The fourth-order valence-corrected chi connectivity index (χ4v) is 2.73. The summed E-state index contributed by atoms with van der Waals surface area (Å²) in [6.07, 6.45) is 1.79. The van der Waals surface area contributed by atoms with Gasteiger partial charge >= 0.3 is 0 Å². The molecule has 1 aliphatic rings. The summed E-state index contributed by atoms with van der Waals surface area (Å²) in [5, 5.41) is 2.88. The van der Waals surface area contributed by atoms with E-state index in [4.69, 9.17) is 18.9 Å². The summed E-state index contributed by atoms with van der Waals surface area (Å²) >= 11 is 0. The lowest BCUT2D eigenvalue weighted by Gasteiger charge is -2.26. The zero-order valence-corrected chi connectivity index (χ0v) is 15.7. The van der Waals surface area contributed by atoms with Crippen molar-refractivity contribution in [2.45, 2.75) is 25.9 Å². The normalized spacial score (nSPS) is 15.1. The number of amides is 1. The van der Waals surface area contributed by atoms with Crippen LogP contribution in [0, 0.1) is 0 Å². The molecule has 1 amide bonds. The van der Waals surface area contributed by atoms with E-state index in [0.717, 1.165) is 18.6 Å². The van der Waals surface area contributed by atoms with E-state index in [9.17, 15) is 4.79 Å². The Balaban J connectivity index is 1.56. The molecular weight excluding hydrogens is 346 g/mol. The summed E-state index contributed by atoms with van der Waals surface area (Å²) < 4.78 is 22.6. The number of carbonyl (C=O) groups excluding carboxylic acids is 1. The maximum absolute atomic E-state index is 12.5. The number of hydrogen-bond donors (Lipinski definition) is 1. The first-order valence-corrected chi connectivity index (χ1v) is 9.18. The van der Waals surface area contributed by atoms with Crippen LogP contribution in [0.15, 0.2) is 42.5 Å². The smallest absolute Gasteiger partial charge is 0.251 e. The van der Waals surface area contributed by atoms with E-state index >= 15 is 0 Å². The Hall–Kier alpha value is -2.89. The maximum atomic E-state index is 12.5. The van der Waals surface area contributed by atoms with Gasteiger partial charge in [-0.3, -0.25) is 4.79 Å². The third-order valence-corrected chi connectivity index (χ3v) is 4.24. The highest BCUT2D eigenvalue weighted by Gasteiger charge is 2.21. The van der Waals surface area contributed by atoms with E-state index in [2.05, 4.69) is 12.2 Å². The lowest BCUT2D eigenvalue weighted by atomic mass is 10.2. The Morgan fingerprint density at radius 1 is 1.19 bits per heavy atom. The van der Waals surface area contributed by atoms with Crippen LogP contribution in [0.3, 0.4) is 0 Å². The van der Waals surface area contributed by atoms with Gasteiger partial charge in [0, 0.05) is 5.56 Å². The van der Waals surface area contributed by atoms with E-state index in [1.807, 2.05) is 24.3 Å². The van der Waals surface area contributed by atoms with Gasteiger partial charge in [-0.1, -0.05) is 25.5 Å². The molecular formula is C21H25NO5. The number of carbonyl (C=O) groups is 1. The Morgan fingerprint density at radius 3 is 2.78 bits per heavy atom. The summed E-state index contributed by atoms with van der Waals surface area (Å²) in [6, 6.07) is 12.7. The van der Waals surface area contributed by atoms with Gasteiger partial charge in [0.15, 0.2) is 23.0 Å². The van der Waals surface area contributed by atoms with Gasteiger partial charge < -0.3 is 24.3 Å². The second-order valence-electron chi connectivity index (χ2n) is 6.28. The zero-order valence-electron chi connectivity index (χ0n) is 15.7. The Morgan fingerprint density at radius 2 is 2.00 bits per heavy atom. The van der Waals surface area contributed by atoms with Gasteiger partial charge in [-0.05, 0) is 36.8 Å². The van der Waals surface area contributed by atoms with Crippen LogP contribution in [0.25, 0.3) is 0 Å². The molecule has 0 spiro atoms. The van der Waals surface area contributed by atoms with E-state index < -0.39 is 0 Å². The van der Waals surface area contributed by atoms with Gasteiger partial charge in [0.1, 0.15) is 12.7 Å². The number of benzene rings is 2. The molecule has 27 heavy (non-hydrogen) atoms. The highest BCUT2D eigenvalue weighted by molar-refractivity contribution is 5.94. The number of para-hydroxylation sites is 2. The summed E-state index contributed by atoms with van der Waals surface area (Å²) in [5.74, 6) is 2.41. The third-order valence-electron chi connectivity index (χ3n) is 4.24. The Labute approximate surface area is 159 Å². The largest absolute Gasteiger partial charge is 0.493 e. The van der Waals surface area contributed by atoms with E-state index in [0.29, 0.717) is 42.6 Å². The van der Waals surface area contributed by atoms with Crippen LogP contribution < -0.4 is 24.3 Å². The molecule has 0 fully saturated rings. The second kappa shape index (κ2) is 9.16. The van der Waals surface area contributed by atoms with Crippen LogP contribution in [0.4, 0.5) is 0 Å². The molecule has 2 aromatic carbocycles. The zero-order chi connectivity index (χ0) is 19.1. The predicted octanol–water partition coefficient (Wildman–Crippen LogP) is 3.44. The van der Waals surface area contributed by atoms with Gasteiger partial charge in [0.25, 0.3) is 5.91 Å². The number of unbranched alkanes of at least 4 members (excludes halogenated alkanes) is 1. The first-order valence-electron chi connectivity index (χ1n) is 9.18. The number of nitrogens with one attached hydrogen (secondary N) is 1. The van der Waals surface area contributed by atoms with Gasteiger partial charge in [0.05, 0.1) is 20.3 Å². The lowest BCUT2D eigenvalue weighted by molar-refractivity contribution is 0.0789. The number of hydrogen-bond acceptors (Lipinski definition) is 5. The van der Waals surface area contributed by atoms with Crippen molar-refractivity contribution >= 4 is 5.91 Å². The highest BCUT2D eigenvalue weighted by Crippen LogP contribution is 2.31. The van der Waals surface area contributed by atoms with Crippen molar-refractivity contribution in [1.29, 1.82) is 0 Å². The lowest BCUT2D eigenvalue weighted by Crippen LogP contribution is -2.40. The Kier molecular flexibility index (Phi) is 6.41. The van der Waals surface area contributed by atoms with Crippen LogP contribution in [-0.2, 0) is 0 Å². The minimum Gasteiger partial charge on any atom is -0.493 e. The third kappa shape index (κ3) is 4.84. The van der Waals surface area contributed by atoms with Crippen molar-refractivity contribution in [1.82, 2.24) is 5.32 Å². The Bertz CT molecular complexity index is 777. The van der Waals surface area contributed by atoms with Gasteiger partial charge in [0.2, 0.25) is 0 Å². The van der Waals surface area contributed by atoms with Crippen molar-refractivity contribution < 1.29 is 23.7 Å². The quantitative estimate of drug-likeness (QED) is 0.720.